The Bertz CT molecular complexity index is 1290. The molecular weight excluding hydrogens is 420 g/mol. The van der Waals surface area contributed by atoms with Gasteiger partial charge in [0.15, 0.2) is 11.2 Å². The van der Waals surface area contributed by atoms with E-state index in [9.17, 15) is 9.59 Å². The largest absolute Gasteiger partial charge is 0.380 e. The zero-order valence-corrected chi connectivity index (χ0v) is 18.8. The number of hydrazone groups is 1. The lowest BCUT2D eigenvalue weighted by molar-refractivity contribution is 0.153. The molecule has 3 heterocycles. The van der Waals surface area contributed by atoms with Crippen LogP contribution in [0.15, 0.2) is 39.0 Å². The standard InChI is InChI=1S/C21H25ClN6O3/c1-5-31-10-9-27-20-23-18-17(28(20)14(3)13(2)24-27)19(29)26(21(30)25(18)4)12-15-7-6-8-16(22)11-15/h6-8,11,14H,5,9-10,12H2,1-4H3/t14-/m0/s1. The van der Waals surface area contributed by atoms with Gasteiger partial charge in [0, 0.05) is 18.7 Å². The number of rotatable bonds is 6. The van der Waals surface area contributed by atoms with Crippen LogP contribution >= 0.6 is 11.6 Å². The van der Waals surface area contributed by atoms with Crippen molar-refractivity contribution < 1.29 is 4.74 Å². The van der Waals surface area contributed by atoms with Crippen LogP contribution in [0.5, 0.6) is 0 Å². The third-order valence-electron chi connectivity index (χ3n) is 5.54. The molecule has 1 atom stereocenters. The number of aryl methyl sites for hydroxylation is 1. The summed E-state index contributed by atoms with van der Waals surface area (Å²) in [4.78, 5) is 31.2. The summed E-state index contributed by atoms with van der Waals surface area (Å²) < 4.78 is 9.97. The summed E-state index contributed by atoms with van der Waals surface area (Å²) in [7, 11) is 1.63. The number of benzene rings is 1. The van der Waals surface area contributed by atoms with Gasteiger partial charge in [-0.15, -0.1) is 0 Å². The highest BCUT2D eigenvalue weighted by Crippen LogP contribution is 2.29. The maximum absolute atomic E-state index is 13.5. The average molecular weight is 445 g/mol. The number of ether oxygens (including phenoxy) is 1. The van der Waals surface area contributed by atoms with Crippen LogP contribution in [-0.2, 0) is 18.3 Å². The lowest BCUT2D eigenvalue weighted by Gasteiger charge is -2.29. The summed E-state index contributed by atoms with van der Waals surface area (Å²) in [6.07, 6.45) is 0. The number of hydrogen-bond donors (Lipinski definition) is 0. The molecule has 0 unspecified atom stereocenters. The number of anilines is 1. The molecule has 9 nitrogen and oxygen atoms in total. The highest BCUT2D eigenvalue weighted by Gasteiger charge is 2.30. The molecule has 1 aliphatic heterocycles. The molecule has 164 valence electrons. The van der Waals surface area contributed by atoms with Gasteiger partial charge >= 0.3 is 5.69 Å². The van der Waals surface area contributed by atoms with E-state index in [-0.39, 0.29) is 18.1 Å². The lowest BCUT2D eigenvalue weighted by Crippen LogP contribution is -2.40. The van der Waals surface area contributed by atoms with E-state index in [1.807, 2.05) is 31.4 Å². The van der Waals surface area contributed by atoms with Crippen LogP contribution in [0.4, 0.5) is 5.95 Å². The van der Waals surface area contributed by atoms with Gasteiger partial charge in [0.2, 0.25) is 5.95 Å². The van der Waals surface area contributed by atoms with Gasteiger partial charge in [-0.05, 0) is 38.5 Å². The molecule has 0 bridgehead atoms. The summed E-state index contributed by atoms with van der Waals surface area (Å²) in [5, 5.41) is 6.91. The zero-order valence-electron chi connectivity index (χ0n) is 18.0. The van der Waals surface area contributed by atoms with Gasteiger partial charge in [0.25, 0.3) is 5.56 Å². The molecule has 31 heavy (non-hydrogen) atoms. The fraction of sp³-hybridized carbons (Fsp3) is 0.429. The Morgan fingerprint density at radius 3 is 2.74 bits per heavy atom. The van der Waals surface area contributed by atoms with Gasteiger partial charge in [-0.25, -0.2) is 9.80 Å². The van der Waals surface area contributed by atoms with Crippen molar-refractivity contribution in [3.05, 3.63) is 55.7 Å². The number of nitrogens with zero attached hydrogens (tertiary/aromatic N) is 6. The second kappa shape index (κ2) is 8.32. The van der Waals surface area contributed by atoms with Crippen LogP contribution in [0.3, 0.4) is 0 Å². The summed E-state index contributed by atoms with van der Waals surface area (Å²) in [5.74, 6) is 0.528. The highest BCUT2D eigenvalue weighted by atomic mass is 35.5. The highest BCUT2D eigenvalue weighted by molar-refractivity contribution is 6.30. The van der Waals surface area contributed by atoms with Crippen molar-refractivity contribution in [2.24, 2.45) is 12.1 Å². The van der Waals surface area contributed by atoms with E-state index in [1.165, 1.54) is 9.13 Å². The topological polar surface area (TPSA) is 86.7 Å². The van der Waals surface area contributed by atoms with Crippen LogP contribution in [0.1, 0.15) is 32.4 Å². The Kier molecular flexibility index (Phi) is 5.72. The minimum Gasteiger partial charge on any atom is -0.380 e. The fourth-order valence-electron chi connectivity index (χ4n) is 3.79. The molecule has 0 N–H and O–H groups in total. The molecular formula is C21H25ClN6O3. The SMILES string of the molecule is CCOCCN1N=C(C)[C@H](C)n2c1nc1c2c(=O)n(Cc2cccc(Cl)c2)c(=O)n1C. The zero-order chi connectivity index (χ0) is 22.3. The molecule has 0 saturated carbocycles. The van der Waals surface area contributed by atoms with Crippen LogP contribution in [-0.4, -0.2) is 44.2 Å². The lowest BCUT2D eigenvalue weighted by atomic mass is 10.2. The average Bonchev–Trinajstić information content (AvgIpc) is 3.15. The summed E-state index contributed by atoms with van der Waals surface area (Å²) in [6, 6.07) is 6.96. The van der Waals surface area contributed by atoms with E-state index in [0.29, 0.717) is 41.9 Å². The van der Waals surface area contributed by atoms with Gasteiger partial charge in [0.1, 0.15) is 0 Å². The second-order valence-corrected chi connectivity index (χ2v) is 7.99. The van der Waals surface area contributed by atoms with Crippen LogP contribution in [0.25, 0.3) is 11.2 Å². The number of imidazole rings is 1. The first kappa shape index (κ1) is 21.3. The van der Waals surface area contributed by atoms with Crippen molar-refractivity contribution in [3.8, 4) is 0 Å². The van der Waals surface area contributed by atoms with Crippen molar-refractivity contribution >= 4 is 34.4 Å². The predicted octanol–water partition coefficient (Wildman–Crippen LogP) is 2.39. The molecule has 0 aliphatic carbocycles. The van der Waals surface area contributed by atoms with E-state index in [1.54, 1.807) is 30.3 Å². The summed E-state index contributed by atoms with van der Waals surface area (Å²) >= 11 is 6.08. The van der Waals surface area contributed by atoms with Gasteiger partial charge < -0.3 is 4.74 Å². The van der Waals surface area contributed by atoms with E-state index in [4.69, 9.17) is 16.3 Å². The second-order valence-electron chi connectivity index (χ2n) is 7.55. The molecule has 0 fully saturated rings. The molecule has 10 heteroatoms. The van der Waals surface area contributed by atoms with Crippen molar-refractivity contribution in [1.29, 1.82) is 0 Å². The van der Waals surface area contributed by atoms with E-state index >= 15 is 0 Å². The van der Waals surface area contributed by atoms with E-state index in [2.05, 4.69) is 10.1 Å². The van der Waals surface area contributed by atoms with Gasteiger partial charge in [-0.1, -0.05) is 23.7 Å². The molecule has 2 aromatic heterocycles. The van der Waals surface area contributed by atoms with Crippen LogP contribution < -0.4 is 16.3 Å². The Morgan fingerprint density at radius 1 is 1.26 bits per heavy atom. The quantitative estimate of drug-likeness (QED) is 0.545. The number of halogens is 1. The number of aromatic nitrogens is 4. The van der Waals surface area contributed by atoms with Gasteiger partial charge in [0.05, 0.1) is 31.4 Å². The van der Waals surface area contributed by atoms with Crippen molar-refractivity contribution in [2.45, 2.75) is 33.4 Å². The third-order valence-corrected chi connectivity index (χ3v) is 5.77. The molecule has 1 aliphatic rings. The monoisotopic (exact) mass is 444 g/mol. The van der Waals surface area contributed by atoms with E-state index < -0.39 is 5.69 Å². The van der Waals surface area contributed by atoms with E-state index in [0.717, 1.165) is 11.3 Å². The maximum atomic E-state index is 13.5. The first-order valence-corrected chi connectivity index (χ1v) is 10.6. The van der Waals surface area contributed by atoms with Crippen LogP contribution in [0, 0.1) is 0 Å². The Balaban J connectivity index is 1.90. The molecule has 4 rings (SSSR count). The Hall–Kier alpha value is -2.91. The summed E-state index contributed by atoms with van der Waals surface area (Å²) in [5.41, 5.74) is 1.52. The first-order chi connectivity index (χ1) is 14.8. The van der Waals surface area contributed by atoms with Crippen molar-refractivity contribution in [1.82, 2.24) is 18.7 Å². The molecule has 3 aromatic rings. The summed E-state index contributed by atoms with van der Waals surface area (Å²) in [6.45, 7) is 7.51. The molecule has 0 amide bonds. The third kappa shape index (κ3) is 3.68. The number of hydrogen-bond acceptors (Lipinski definition) is 6. The minimum atomic E-state index is -0.431. The Labute approximate surface area is 184 Å². The smallest absolute Gasteiger partial charge is 0.332 e. The van der Waals surface area contributed by atoms with Crippen LogP contribution in [0.2, 0.25) is 5.02 Å². The molecule has 0 radical (unpaired) electrons. The van der Waals surface area contributed by atoms with Gasteiger partial charge in [-0.2, -0.15) is 10.1 Å². The van der Waals surface area contributed by atoms with Crippen molar-refractivity contribution in [2.75, 3.05) is 24.8 Å². The Morgan fingerprint density at radius 2 is 2.03 bits per heavy atom. The van der Waals surface area contributed by atoms with Gasteiger partial charge in [-0.3, -0.25) is 18.5 Å². The number of fused-ring (bicyclic) bond motifs is 3. The molecule has 1 aromatic carbocycles. The van der Waals surface area contributed by atoms with Crippen molar-refractivity contribution in [3.63, 3.8) is 0 Å². The maximum Gasteiger partial charge on any atom is 0.332 e. The molecule has 0 saturated heterocycles. The minimum absolute atomic E-state index is 0.123. The molecule has 0 spiro atoms. The first-order valence-electron chi connectivity index (χ1n) is 10.2. The fourth-order valence-corrected chi connectivity index (χ4v) is 4.00. The normalized spacial score (nSPS) is 16.0. The predicted molar refractivity (Wildman–Crippen MR) is 121 cm³/mol.